The molecule has 3 rings (SSSR count). The number of oxazole rings is 1. The molecule has 0 spiro atoms. The Morgan fingerprint density at radius 3 is 2.74 bits per heavy atom. The molecule has 0 saturated carbocycles. The molecule has 0 unspecified atom stereocenters. The number of aromatic nitrogens is 3. The maximum Gasteiger partial charge on any atom is 0.229 e. The van der Waals surface area contributed by atoms with Crippen LogP contribution in [0.4, 0.5) is 0 Å². The minimum absolute atomic E-state index is 0.392. The van der Waals surface area contributed by atoms with Crippen LogP contribution >= 0.6 is 0 Å². The van der Waals surface area contributed by atoms with Crippen molar-refractivity contribution in [3.05, 3.63) is 48.0 Å². The highest BCUT2D eigenvalue weighted by molar-refractivity contribution is 5.51. The molecule has 3 aromatic rings. The van der Waals surface area contributed by atoms with E-state index in [1.54, 1.807) is 12.5 Å². The van der Waals surface area contributed by atoms with E-state index in [0.717, 1.165) is 30.1 Å². The molecule has 3 heterocycles. The number of rotatable bonds is 6. The van der Waals surface area contributed by atoms with Crippen LogP contribution in [-0.2, 0) is 20.1 Å². The van der Waals surface area contributed by atoms with Gasteiger partial charge in [0.05, 0.1) is 23.7 Å². The number of hydrogen-bond donors (Lipinski definition) is 0. The van der Waals surface area contributed by atoms with Gasteiger partial charge in [0.2, 0.25) is 5.89 Å². The van der Waals surface area contributed by atoms with E-state index >= 15 is 0 Å². The summed E-state index contributed by atoms with van der Waals surface area (Å²) in [5.74, 6) is 1.45. The van der Waals surface area contributed by atoms with Crippen LogP contribution < -0.4 is 0 Å². The largest absolute Gasteiger partial charge is 0.472 e. The van der Waals surface area contributed by atoms with Crippen LogP contribution in [0.3, 0.4) is 0 Å². The molecule has 23 heavy (non-hydrogen) atoms. The van der Waals surface area contributed by atoms with Crippen molar-refractivity contribution in [2.45, 2.75) is 39.9 Å². The zero-order valence-corrected chi connectivity index (χ0v) is 14.0. The second-order valence-corrected chi connectivity index (χ2v) is 6.05. The van der Waals surface area contributed by atoms with Gasteiger partial charge in [0, 0.05) is 37.9 Å². The fraction of sp³-hybridized carbons (Fsp3) is 0.412. The van der Waals surface area contributed by atoms with E-state index in [2.05, 4.69) is 28.8 Å². The summed E-state index contributed by atoms with van der Waals surface area (Å²) < 4.78 is 12.7. The van der Waals surface area contributed by atoms with Crippen molar-refractivity contribution < 1.29 is 8.83 Å². The minimum Gasteiger partial charge on any atom is -0.472 e. The summed E-state index contributed by atoms with van der Waals surface area (Å²) in [6.45, 7) is 7.89. The highest BCUT2D eigenvalue weighted by atomic mass is 16.4. The Kier molecular flexibility index (Phi) is 4.34. The van der Waals surface area contributed by atoms with Gasteiger partial charge in [-0.1, -0.05) is 0 Å². The average Bonchev–Trinajstić information content (AvgIpc) is 3.21. The van der Waals surface area contributed by atoms with Crippen molar-refractivity contribution in [2.24, 2.45) is 7.05 Å². The zero-order chi connectivity index (χ0) is 16.4. The Morgan fingerprint density at radius 2 is 2.13 bits per heavy atom. The lowest BCUT2D eigenvalue weighted by Gasteiger charge is -2.25. The van der Waals surface area contributed by atoms with Gasteiger partial charge in [0.1, 0.15) is 12.0 Å². The second kappa shape index (κ2) is 6.42. The van der Waals surface area contributed by atoms with Crippen molar-refractivity contribution >= 4 is 0 Å². The highest BCUT2D eigenvalue weighted by Crippen LogP contribution is 2.23. The molecule has 122 valence electrons. The standard InChI is InChI=1S/C17H22N4O2/c1-12(2)21(9-14-7-18-20(4)8-14)10-16-13(3)23-17(19-16)15-5-6-22-11-15/h5-8,11-12H,9-10H2,1-4H3. The molecular formula is C17H22N4O2. The Morgan fingerprint density at radius 1 is 1.30 bits per heavy atom. The Bertz CT molecular complexity index is 756. The van der Waals surface area contributed by atoms with Crippen molar-refractivity contribution in [1.82, 2.24) is 19.7 Å². The van der Waals surface area contributed by atoms with E-state index in [9.17, 15) is 0 Å². The van der Waals surface area contributed by atoms with Gasteiger partial charge in [-0.3, -0.25) is 9.58 Å². The molecule has 3 aromatic heterocycles. The molecule has 0 N–H and O–H groups in total. The highest BCUT2D eigenvalue weighted by Gasteiger charge is 2.18. The molecule has 0 aliphatic rings. The molecule has 0 fully saturated rings. The van der Waals surface area contributed by atoms with E-state index in [1.165, 1.54) is 5.56 Å². The van der Waals surface area contributed by atoms with Crippen LogP contribution in [0.15, 0.2) is 39.8 Å². The number of hydrogen-bond acceptors (Lipinski definition) is 5. The number of furan rings is 1. The smallest absolute Gasteiger partial charge is 0.229 e. The summed E-state index contributed by atoms with van der Waals surface area (Å²) in [7, 11) is 1.93. The predicted molar refractivity (Wildman–Crippen MR) is 86.5 cm³/mol. The lowest BCUT2D eigenvalue weighted by Crippen LogP contribution is -2.30. The molecule has 0 aliphatic carbocycles. The Balaban J connectivity index is 1.77. The third-order valence-corrected chi connectivity index (χ3v) is 3.89. The molecular weight excluding hydrogens is 292 g/mol. The van der Waals surface area contributed by atoms with Crippen LogP contribution in [0.1, 0.15) is 30.9 Å². The molecule has 0 amide bonds. The zero-order valence-electron chi connectivity index (χ0n) is 14.0. The van der Waals surface area contributed by atoms with E-state index < -0.39 is 0 Å². The minimum atomic E-state index is 0.392. The maximum absolute atomic E-state index is 5.78. The Hall–Kier alpha value is -2.34. The molecule has 0 atom stereocenters. The van der Waals surface area contributed by atoms with Crippen LogP contribution in [0.25, 0.3) is 11.5 Å². The first-order valence-electron chi connectivity index (χ1n) is 7.73. The van der Waals surface area contributed by atoms with Gasteiger partial charge < -0.3 is 8.83 Å². The fourth-order valence-corrected chi connectivity index (χ4v) is 2.49. The van der Waals surface area contributed by atoms with Crippen molar-refractivity contribution in [2.75, 3.05) is 0 Å². The first kappa shape index (κ1) is 15.6. The lowest BCUT2D eigenvalue weighted by atomic mass is 10.2. The molecule has 6 heteroatoms. The summed E-state index contributed by atoms with van der Waals surface area (Å²) in [4.78, 5) is 6.98. The van der Waals surface area contributed by atoms with Crippen molar-refractivity contribution in [3.8, 4) is 11.5 Å². The van der Waals surface area contributed by atoms with Crippen LogP contribution in [0.2, 0.25) is 0 Å². The molecule has 0 saturated heterocycles. The quantitative estimate of drug-likeness (QED) is 0.698. The summed E-state index contributed by atoms with van der Waals surface area (Å²) in [6, 6.07) is 2.24. The summed E-state index contributed by atoms with van der Waals surface area (Å²) in [5, 5.41) is 4.24. The van der Waals surface area contributed by atoms with Gasteiger partial charge in [-0.05, 0) is 26.8 Å². The van der Waals surface area contributed by atoms with Gasteiger partial charge in [-0.2, -0.15) is 5.10 Å². The number of nitrogens with zero attached hydrogens (tertiary/aromatic N) is 4. The van der Waals surface area contributed by atoms with Crippen molar-refractivity contribution in [1.29, 1.82) is 0 Å². The van der Waals surface area contributed by atoms with E-state index in [1.807, 2.05) is 37.1 Å². The lowest BCUT2D eigenvalue weighted by molar-refractivity contribution is 0.200. The SMILES string of the molecule is Cc1oc(-c2ccoc2)nc1CN(Cc1cnn(C)c1)C(C)C. The Labute approximate surface area is 135 Å². The van der Waals surface area contributed by atoms with Crippen molar-refractivity contribution in [3.63, 3.8) is 0 Å². The van der Waals surface area contributed by atoms with Gasteiger partial charge in [-0.15, -0.1) is 0 Å². The molecule has 0 radical (unpaired) electrons. The van der Waals surface area contributed by atoms with Gasteiger partial charge in [0.15, 0.2) is 0 Å². The van der Waals surface area contributed by atoms with Gasteiger partial charge in [0.25, 0.3) is 0 Å². The predicted octanol–water partition coefficient (Wildman–Crippen LogP) is 3.39. The molecule has 6 nitrogen and oxygen atoms in total. The molecule has 0 aliphatic heterocycles. The monoisotopic (exact) mass is 314 g/mol. The van der Waals surface area contributed by atoms with Crippen LogP contribution in [-0.4, -0.2) is 25.7 Å². The van der Waals surface area contributed by atoms with E-state index in [-0.39, 0.29) is 0 Å². The molecule has 0 bridgehead atoms. The molecule has 0 aromatic carbocycles. The van der Waals surface area contributed by atoms with E-state index in [0.29, 0.717) is 11.9 Å². The first-order chi connectivity index (χ1) is 11.0. The average molecular weight is 314 g/mol. The third kappa shape index (κ3) is 3.53. The number of aryl methyl sites for hydroxylation is 2. The summed E-state index contributed by atoms with van der Waals surface area (Å²) in [5.41, 5.74) is 3.01. The van der Waals surface area contributed by atoms with E-state index in [4.69, 9.17) is 8.83 Å². The maximum atomic E-state index is 5.78. The van der Waals surface area contributed by atoms with Crippen LogP contribution in [0, 0.1) is 6.92 Å². The summed E-state index contributed by atoms with van der Waals surface area (Å²) in [6.07, 6.45) is 7.21. The van der Waals surface area contributed by atoms with Crippen LogP contribution in [0.5, 0.6) is 0 Å². The third-order valence-electron chi connectivity index (χ3n) is 3.89. The topological polar surface area (TPSA) is 60.2 Å². The fourth-order valence-electron chi connectivity index (χ4n) is 2.49. The summed E-state index contributed by atoms with van der Waals surface area (Å²) >= 11 is 0. The first-order valence-corrected chi connectivity index (χ1v) is 7.73. The van der Waals surface area contributed by atoms with Gasteiger partial charge >= 0.3 is 0 Å². The van der Waals surface area contributed by atoms with Gasteiger partial charge in [-0.25, -0.2) is 4.98 Å². The normalized spacial score (nSPS) is 11.7. The second-order valence-electron chi connectivity index (χ2n) is 6.05.